The number of amides is 2. The molecule has 182 valence electrons. The molecule has 0 spiro atoms. The average molecular weight is 471 g/mol. The van der Waals surface area contributed by atoms with E-state index in [1.54, 1.807) is 0 Å². The van der Waals surface area contributed by atoms with Crippen LogP contribution in [0.3, 0.4) is 0 Å². The number of fused-ring (bicyclic) bond motifs is 1. The van der Waals surface area contributed by atoms with Crippen molar-refractivity contribution in [3.8, 4) is 0 Å². The molecule has 6 heteroatoms. The van der Waals surface area contributed by atoms with Crippen LogP contribution < -0.4 is 20.4 Å². The average Bonchev–Trinajstić information content (AvgIpc) is 3.31. The van der Waals surface area contributed by atoms with E-state index in [0.717, 1.165) is 37.1 Å². The number of carbonyl (C=O) groups excluding carboxylic acids is 2. The van der Waals surface area contributed by atoms with Crippen LogP contribution in [0.1, 0.15) is 29.2 Å². The molecule has 2 amide bonds. The van der Waals surface area contributed by atoms with Crippen LogP contribution in [-0.2, 0) is 22.4 Å². The van der Waals surface area contributed by atoms with Crippen molar-refractivity contribution in [1.82, 2.24) is 10.6 Å². The summed E-state index contributed by atoms with van der Waals surface area (Å²) in [5, 5.41) is 5.63. The summed E-state index contributed by atoms with van der Waals surface area (Å²) in [6.45, 7) is 1.70. The fourth-order valence-electron chi connectivity index (χ4n) is 4.58. The van der Waals surface area contributed by atoms with Crippen LogP contribution in [0.5, 0.6) is 0 Å². The number of benzene rings is 3. The molecule has 35 heavy (non-hydrogen) atoms. The number of nitrogens with one attached hydrogen (secondary N) is 2. The van der Waals surface area contributed by atoms with Gasteiger partial charge in [0.15, 0.2) is 0 Å². The SMILES string of the molecule is CN(C)c1ccc(C(CNC(=O)C(=O)NCCCc2ccccc2)N2CCc3ccccc32)cc1. The third-order valence-corrected chi connectivity index (χ3v) is 6.53. The molecule has 3 aromatic carbocycles. The quantitative estimate of drug-likeness (QED) is 0.370. The molecule has 4 rings (SSSR count). The van der Waals surface area contributed by atoms with E-state index in [0.29, 0.717) is 13.1 Å². The van der Waals surface area contributed by atoms with Gasteiger partial charge in [-0.2, -0.15) is 0 Å². The third-order valence-electron chi connectivity index (χ3n) is 6.53. The summed E-state index contributed by atoms with van der Waals surface area (Å²) in [7, 11) is 4.03. The van der Waals surface area contributed by atoms with E-state index >= 15 is 0 Å². The van der Waals surface area contributed by atoms with Gasteiger partial charge in [0.05, 0.1) is 6.04 Å². The zero-order valence-corrected chi connectivity index (χ0v) is 20.5. The van der Waals surface area contributed by atoms with Crippen molar-refractivity contribution in [3.05, 3.63) is 95.6 Å². The summed E-state index contributed by atoms with van der Waals surface area (Å²) in [6.07, 6.45) is 2.62. The van der Waals surface area contributed by atoms with Crippen molar-refractivity contribution in [2.75, 3.05) is 43.5 Å². The lowest BCUT2D eigenvalue weighted by atomic mass is 10.0. The van der Waals surface area contributed by atoms with Crippen molar-refractivity contribution in [1.29, 1.82) is 0 Å². The van der Waals surface area contributed by atoms with Crippen LogP contribution in [0.2, 0.25) is 0 Å². The number of para-hydroxylation sites is 1. The van der Waals surface area contributed by atoms with E-state index in [-0.39, 0.29) is 6.04 Å². The number of hydrogen-bond donors (Lipinski definition) is 2. The van der Waals surface area contributed by atoms with E-state index in [2.05, 4.69) is 75.0 Å². The van der Waals surface area contributed by atoms with E-state index in [9.17, 15) is 9.59 Å². The molecular weight excluding hydrogens is 436 g/mol. The summed E-state index contributed by atoms with van der Waals surface area (Å²) in [4.78, 5) is 29.4. The number of aryl methyl sites for hydroxylation is 1. The molecule has 1 aliphatic rings. The minimum absolute atomic E-state index is 0.0651. The molecule has 2 N–H and O–H groups in total. The van der Waals surface area contributed by atoms with Gasteiger partial charge in [-0.3, -0.25) is 9.59 Å². The van der Waals surface area contributed by atoms with Crippen LogP contribution in [0, 0.1) is 0 Å². The molecule has 0 aromatic heterocycles. The maximum absolute atomic E-state index is 12.6. The molecule has 1 atom stereocenters. The predicted octanol–water partition coefficient (Wildman–Crippen LogP) is 3.72. The Balaban J connectivity index is 1.38. The predicted molar refractivity (Wildman–Crippen MR) is 142 cm³/mol. The third kappa shape index (κ3) is 6.21. The number of nitrogens with zero attached hydrogens (tertiary/aromatic N) is 2. The molecule has 6 nitrogen and oxygen atoms in total. The smallest absolute Gasteiger partial charge is 0.309 e. The van der Waals surface area contributed by atoms with Gasteiger partial charge in [-0.25, -0.2) is 0 Å². The Labute approximate surface area is 207 Å². The second-order valence-corrected chi connectivity index (χ2v) is 9.13. The summed E-state index contributed by atoms with van der Waals surface area (Å²) in [5.41, 5.74) is 5.95. The maximum Gasteiger partial charge on any atom is 0.309 e. The van der Waals surface area contributed by atoms with Crippen LogP contribution in [0.15, 0.2) is 78.9 Å². The number of carbonyl (C=O) groups is 2. The molecular formula is C29H34N4O2. The Kier molecular flexibility index (Phi) is 8.03. The first-order valence-corrected chi connectivity index (χ1v) is 12.2. The molecule has 0 saturated heterocycles. The highest BCUT2D eigenvalue weighted by molar-refractivity contribution is 6.35. The van der Waals surface area contributed by atoms with E-state index in [4.69, 9.17) is 0 Å². The van der Waals surface area contributed by atoms with Gasteiger partial charge >= 0.3 is 11.8 Å². The van der Waals surface area contributed by atoms with Crippen molar-refractivity contribution >= 4 is 23.2 Å². The zero-order valence-electron chi connectivity index (χ0n) is 20.5. The molecule has 3 aromatic rings. The topological polar surface area (TPSA) is 64.7 Å². The van der Waals surface area contributed by atoms with Gasteiger partial charge in [-0.05, 0) is 54.2 Å². The molecule has 0 aliphatic carbocycles. The largest absolute Gasteiger partial charge is 0.378 e. The summed E-state index contributed by atoms with van der Waals surface area (Å²) in [5.74, 6) is -1.17. The van der Waals surface area contributed by atoms with Crippen molar-refractivity contribution in [2.24, 2.45) is 0 Å². The second-order valence-electron chi connectivity index (χ2n) is 9.13. The Hall–Kier alpha value is -3.80. The highest BCUT2D eigenvalue weighted by Gasteiger charge is 2.28. The lowest BCUT2D eigenvalue weighted by Crippen LogP contribution is -2.44. The van der Waals surface area contributed by atoms with Gasteiger partial charge in [0.2, 0.25) is 0 Å². The Morgan fingerprint density at radius 3 is 2.31 bits per heavy atom. The Bertz CT molecular complexity index is 1130. The summed E-state index contributed by atoms with van der Waals surface area (Å²) in [6, 6.07) is 26.8. The molecule has 0 radical (unpaired) electrons. The van der Waals surface area contributed by atoms with Crippen LogP contribution in [-0.4, -0.2) is 45.5 Å². The Morgan fingerprint density at radius 1 is 0.886 bits per heavy atom. The van der Waals surface area contributed by atoms with E-state index in [1.807, 2.05) is 38.4 Å². The highest BCUT2D eigenvalue weighted by Crippen LogP contribution is 2.35. The molecule has 0 fully saturated rings. The first-order valence-electron chi connectivity index (χ1n) is 12.2. The maximum atomic E-state index is 12.6. The minimum atomic E-state index is -0.591. The molecule has 1 unspecified atom stereocenters. The van der Waals surface area contributed by atoms with Crippen LogP contribution in [0.4, 0.5) is 11.4 Å². The fourth-order valence-corrected chi connectivity index (χ4v) is 4.58. The molecule has 1 heterocycles. The van der Waals surface area contributed by atoms with Crippen LogP contribution in [0.25, 0.3) is 0 Å². The van der Waals surface area contributed by atoms with Gasteiger partial charge in [-0.1, -0.05) is 60.7 Å². The summed E-state index contributed by atoms with van der Waals surface area (Å²) >= 11 is 0. The number of hydrogen-bond acceptors (Lipinski definition) is 4. The number of rotatable bonds is 9. The van der Waals surface area contributed by atoms with Crippen LogP contribution >= 0.6 is 0 Å². The van der Waals surface area contributed by atoms with Gasteiger partial charge < -0.3 is 20.4 Å². The first-order chi connectivity index (χ1) is 17.0. The monoisotopic (exact) mass is 470 g/mol. The normalized spacial score (nSPS) is 13.1. The van der Waals surface area contributed by atoms with E-state index in [1.165, 1.54) is 16.8 Å². The standard InChI is InChI=1S/C29H34N4O2/c1-32(2)25-16-14-24(15-17-25)27(33-20-18-23-12-6-7-13-26(23)33)21-31-29(35)28(34)30-19-8-11-22-9-4-3-5-10-22/h3-7,9-10,12-17,27H,8,11,18-21H2,1-2H3,(H,30,34)(H,31,35). The highest BCUT2D eigenvalue weighted by atomic mass is 16.2. The summed E-state index contributed by atoms with van der Waals surface area (Å²) < 4.78 is 0. The van der Waals surface area contributed by atoms with Gasteiger partial charge in [0, 0.05) is 45.1 Å². The minimum Gasteiger partial charge on any atom is -0.378 e. The Morgan fingerprint density at radius 2 is 1.57 bits per heavy atom. The second kappa shape index (κ2) is 11.6. The molecule has 0 saturated carbocycles. The lowest BCUT2D eigenvalue weighted by molar-refractivity contribution is -0.139. The zero-order chi connectivity index (χ0) is 24.6. The number of anilines is 2. The lowest BCUT2D eigenvalue weighted by Gasteiger charge is -2.31. The molecule has 1 aliphatic heterocycles. The van der Waals surface area contributed by atoms with Crippen molar-refractivity contribution in [2.45, 2.75) is 25.3 Å². The van der Waals surface area contributed by atoms with Gasteiger partial charge in [0.25, 0.3) is 0 Å². The van der Waals surface area contributed by atoms with Gasteiger partial charge in [0.1, 0.15) is 0 Å². The van der Waals surface area contributed by atoms with Crippen molar-refractivity contribution in [3.63, 3.8) is 0 Å². The van der Waals surface area contributed by atoms with E-state index < -0.39 is 11.8 Å². The first kappa shape index (κ1) is 24.3. The van der Waals surface area contributed by atoms with Crippen molar-refractivity contribution < 1.29 is 9.59 Å². The van der Waals surface area contributed by atoms with Gasteiger partial charge in [-0.15, -0.1) is 0 Å². The molecule has 0 bridgehead atoms. The fraction of sp³-hybridized carbons (Fsp3) is 0.310.